The lowest BCUT2D eigenvalue weighted by Gasteiger charge is -2.24. The molecule has 1 saturated heterocycles. The first-order valence-electron chi connectivity index (χ1n) is 6.06. The summed E-state index contributed by atoms with van der Waals surface area (Å²) < 4.78 is 0. The Morgan fingerprint density at radius 3 is 2.33 bits per heavy atom. The van der Waals surface area contributed by atoms with Gasteiger partial charge in [-0.3, -0.25) is 4.79 Å². The molecule has 1 aliphatic rings. The lowest BCUT2D eigenvalue weighted by atomic mass is 9.98. The Balaban J connectivity index is 2.46. The Labute approximate surface area is 93.4 Å². The third-order valence-corrected chi connectivity index (χ3v) is 3.60. The third-order valence-electron chi connectivity index (χ3n) is 3.60. The van der Waals surface area contributed by atoms with Crippen LogP contribution in [-0.4, -0.2) is 48.4 Å². The third kappa shape index (κ3) is 3.20. The number of carbonyl (C=O) groups is 1. The SMILES string of the molecule is CCN(CC)CC1CN(C(C)=O)CC1C. The zero-order valence-electron chi connectivity index (χ0n) is 10.5. The smallest absolute Gasteiger partial charge is 0.219 e. The molecule has 15 heavy (non-hydrogen) atoms. The van der Waals surface area contributed by atoms with Gasteiger partial charge < -0.3 is 9.80 Å². The molecule has 1 amide bonds. The van der Waals surface area contributed by atoms with Crippen molar-refractivity contribution in [1.82, 2.24) is 9.80 Å². The van der Waals surface area contributed by atoms with Crippen molar-refractivity contribution in [3.05, 3.63) is 0 Å². The maximum absolute atomic E-state index is 11.3. The molecule has 1 fully saturated rings. The van der Waals surface area contributed by atoms with Crippen molar-refractivity contribution in [3.63, 3.8) is 0 Å². The van der Waals surface area contributed by atoms with Crippen LogP contribution in [0.25, 0.3) is 0 Å². The fraction of sp³-hybridized carbons (Fsp3) is 0.917. The van der Waals surface area contributed by atoms with Crippen molar-refractivity contribution in [3.8, 4) is 0 Å². The van der Waals surface area contributed by atoms with E-state index in [1.807, 2.05) is 4.90 Å². The second-order valence-electron chi connectivity index (χ2n) is 4.65. The minimum absolute atomic E-state index is 0.226. The quantitative estimate of drug-likeness (QED) is 0.704. The number of rotatable bonds is 4. The molecular weight excluding hydrogens is 188 g/mol. The standard InChI is InChI=1S/C12H24N2O/c1-5-13(6-2)8-12-9-14(11(4)15)7-10(12)3/h10,12H,5-9H2,1-4H3. The van der Waals surface area contributed by atoms with Crippen molar-refractivity contribution in [2.45, 2.75) is 27.7 Å². The van der Waals surface area contributed by atoms with Gasteiger partial charge in [-0.15, -0.1) is 0 Å². The van der Waals surface area contributed by atoms with Crippen LogP contribution in [0.15, 0.2) is 0 Å². The minimum Gasteiger partial charge on any atom is -0.342 e. The summed E-state index contributed by atoms with van der Waals surface area (Å²) in [6, 6.07) is 0. The van der Waals surface area contributed by atoms with Gasteiger partial charge in [0.25, 0.3) is 0 Å². The fourth-order valence-corrected chi connectivity index (χ4v) is 2.34. The van der Waals surface area contributed by atoms with Gasteiger partial charge >= 0.3 is 0 Å². The molecular formula is C12H24N2O. The van der Waals surface area contributed by atoms with Crippen LogP contribution < -0.4 is 0 Å². The normalized spacial score (nSPS) is 26.3. The molecule has 3 nitrogen and oxygen atoms in total. The van der Waals surface area contributed by atoms with Crippen LogP contribution in [0.3, 0.4) is 0 Å². The maximum Gasteiger partial charge on any atom is 0.219 e. The molecule has 0 aromatic rings. The number of likely N-dealkylation sites (tertiary alicyclic amines) is 1. The molecule has 0 radical (unpaired) electrons. The Morgan fingerprint density at radius 2 is 1.93 bits per heavy atom. The highest BCUT2D eigenvalue weighted by Gasteiger charge is 2.31. The Kier molecular flexibility index (Phi) is 4.58. The molecule has 1 heterocycles. The summed E-state index contributed by atoms with van der Waals surface area (Å²) in [5.41, 5.74) is 0. The van der Waals surface area contributed by atoms with Crippen LogP contribution in [0.4, 0.5) is 0 Å². The van der Waals surface area contributed by atoms with Gasteiger partial charge in [-0.1, -0.05) is 20.8 Å². The van der Waals surface area contributed by atoms with Crippen molar-refractivity contribution >= 4 is 5.91 Å². The molecule has 2 unspecified atom stereocenters. The summed E-state index contributed by atoms with van der Waals surface area (Å²) >= 11 is 0. The molecule has 3 heteroatoms. The zero-order valence-corrected chi connectivity index (χ0v) is 10.5. The van der Waals surface area contributed by atoms with Gasteiger partial charge in [0.15, 0.2) is 0 Å². The average molecular weight is 212 g/mol. The van der Waals surface area contributed by atoms with Crippen LogP contribution in [0, 0.1) is 11.8 Å². The second-order valence-corrected chi connectivity index (χ2v) is 4.65. The van der Waals surface area contributed by atoms with E-state index in [9.17, 15) is 4.79 Å². The number of carbonyl (C=O) groups excluding carboxylic acids is 1. The van der Waals surface area contributed by atoms with Gasteiger partial charge in [0.2, 0.25) is 5.91 Å². The van der Waals surface area contributed by atoms with Crippen molar-refractivity contribution in [1.29, 1.82) is 0 Å². The van der Waals surface area contributed by atoms with Crippen molar-refractivity contribution in [2.24, 2.45) is 11.8 Å². The molecule has 1 rings (SSSR count). The molecule has 1 aliphatic heterocycles. The first-order chi connectivity index (χ1) is 7.08. The van der Waals surface area contributed by atoms with Crippen LogP contribution >= 0.6 is 0 Å². The first-order valence-corrected chi connectivity index (χ1v) is 6.06. The van der Waals surface area contributed by atoms with E-state index in [0.717, 1.165) is 32.7 Å². The van der Waals surface area contributed by atoms with Crippen LogP contribution in [0.5, 0.6) is 0 Å². The lowest BCUT2D eigenvalue weighted by molar-refractivity contribution is -0.128. The largest absolute Gasteiger partial charge is 0.342 e. The minimum atomic E-state index is 0.226. The molecule has 0 bridgehead atoms. The molecule has 0 aromatic heterocycles. The molecule has 88 valence electrons. The predicted molar refractivity (Wildman–Crippen MR) is 62.7 cm³/mol. The molecule has 0 aromatic carbocycles. The van der Waals surface area contributed by atoms with Gasteiger partial charge in [-0.05, 0) is 24.9 Å². The number of hydrogen-bond donors (Lipinski definition) is 0. The number of nitrogens with zero attached hydrogens (tertiary/aromatic N) is 2. The van der Waals surface area contributed by atoms with Gasteiger partial charge in [0.05, 0.1) is 0 Å². The van der Waals surface area contributed by atoms with Gasteiger partial charge in [-0.2, -0.15) is 0 Å². The summed E-state index contributed by atoms with van der Waals surface area (Å²) in [6.07, 6.45) is 0. The highest BCUT2D eigenvalue weighted by Crippen LogP contribution is 2.23. The number of hydrogen-bond acceptors (Lipinski definition) is 2. The average Bonchev–Trinajstić information content (AvgIpc) is 2.56. The van der Waals surface area contributed by atoms with Crippen molar-refractivity contribution in [2.75, 3.05) is 32.7 Å². The number of amides is 1. The van der Waals surface area contributed by atoms with E-state index in [-0.39, 0.29) is 5.91 Å². The highest BCUT2D eigenvalue weighted by atomic mass is 16.2. The topological polar surface area (TPSA) is 23.6 Å². The van der Waals surface area contributed by atoms with Crippen LogP contribution in [0.2, 0.25) is 0 Å². The van der Waals surface area contributed by atoms with E-state index in [4.69, 9.17) is 0 Å². The molecule has 0 saturated carbocycles. The van der Waals surface area contributed by atoms with Gasteiger partial charge in [0, 0.05) is 26.6 Å². The molecule has 0 N–H and O–H groups in total. The summed E-state index contributed by atoms with van der Waals surface area (Å²) in [4.78, 5) is 15.7. The van der Waals surface area contributed by atoms with E-state index in [2.05, 4.69) is 25.7 Å². The van der Waals surface area contributed by atoms with Crippen LogP contribution in [0.1, 0.15) is 27.7 Å². The predicted octanol–water partition coefficient (Wildman–Crippen LogP) is 1.44. The molecule has 0 aliphatic carbocycles. The Bertz CT molecular complexity index is 214. The van der Waals surface area contributed by atoms with Gasteiger partial charge in [0.1, 0.15) is 0 Å². The zero-order chi connectivity index (χ0) is 11.4. The van der Waals surface area contributed by atoms with E-state index < -0.39 is 0 Å². The first kappa shape index (κ1) is 12.5. The molecule has 2 atom stereocenters. The van der Waals surface area contributed by atoms with E-state index in [1.165, 1.54) is 0 Å². The maximum atomic E-state index is 11.3. The monoisotopic (exact) mass is 212 g/mol. The Morgan fingerprint density at radius 1 is 1.33 bits per heavy atom. The van der Waals surface area contributed by atoms with E-state index in [0.29, 0.717) is 11.8 Å². The van der Waals surface area contributed by atoms with Crippen molar-refractivity contribution < 1.29 is 4.79 Å². The highest BCUT2D eigenvalue weighted by molar-refractivity contribution is 5.73. The summed E-state index contributed by atoms with van der Waals surface area (Å²) in [6.45, 7) is 13.6. The summed E-state index contributed by atoms with van der Waals surface area (Å²) in [5.74, 6) is 1.53. The van der Waals surface area contributed by atoms with E-state index >= 15 is 0 Å². The lowest BCUT2D eigenvalue weighted by Crippen LogP contribution is -2.33. The van der Waals surface area contributed by atoms with Gasteiger partial charge in [-0.25, -0.2) is 0 Å². The van der Waals surface area contributed by atoms with Crippen LogP contribution in [-0.2, 0) is 4.79 Å². The summed E-state index contributed by atoms with van der Waals surface area (Å²) in [7, 11) is 0. The molecule has 0 spiro atoms. The Hall–Kier alpha value is -0.570. The fourth-order valence-electron chi connectivity index (χ4n) is 2.34. The van der Waals surface area contributed by atoms with E-state index in [1.54, 1.807) is 6.92 Å². The summed E-state index contributed by atoms with van der Waals surface area (Å²) in [5, 5.41) is 0. The second kappa shape index (κ2) is 5.50.